The highest BCUT2D eigenvalue weighted by Gasteiger charge is 2.41. The summed E-state index contributed by atoms with van der Waals surface area (Å²) in [7, 11) is 0. The van der Waals surface area contributed by atoms with Crippen molar-refractivity contribution in [3.8, 4) is 0 Å². The molecule has 3 atom stereocenters. The summed E-state index contributed by atoms with van der Waals surface area (Å²) in [6, 6.07) is 7.01. The third-order valence-corrected chi connectivity index (χ3v) is 6.52. The molecule has 3 N–H and O–H groups in total. The molecule has 4 rings (SSSR count). The van der Waals surface area contributed by atoms with Crippen LogP contribution in [0.25, 0.3) is 0 Å². The Hall–Kier alpha value is -2.90. The zero-order valence-corrected chi connectivity index (χ0v) is 17.1. The van der Waals surface area contributed by atoms with Crippen LogP contribution in [0.2, 0.25) is 0 Å². The molecule has 8 heteroatoms. The highest BCUT2D eigenvalue weighted by Crippen LogP contribution is 2.30. The minimum absolute atomic E-state index is 0.00918. The van der Waals surface area contributed by atoms with Gasteiger partial charge in [-0.1, -0.05) is 24.3 Å². The predicted octanol–water partition coefficient (Wildman–Crippen LogP) is 1.43. The molecule has 0 radical (unpaired) electrons. The maximum Gasteiger partial charge on any atom is 0.332 e. The molecule has 30 heavy (non-hydrogen) atoms. The van der Waals surface area contributed by atoms with Gasteiger partial charge < -0.3 is 15.5 Å². The van der Waals surface area contributed by atoms with Gasteiger partial charge in [0.25, 0.3) is 0 Å². The first-order valence-electron chi connectivity index (χ1n) is 10.8. The van der Waals surface area contributed by atoms with Gasteiger partial charge in [0, 0.05) is 25.2 Å². The second-order valence-electron chi connectivity index (χ2n) is 8.39. The molecule has 2 aliphatic heterocycles. The fourth-order valence-corrected chi connectivity index (χ4v) is 5.03. The van der Waals surface area contributed by atoms with Crippen molar-refractivity contribution in [2.75, 3.05) is 13.1 Å². The topological polar surface area (TPSA) is 108 Å². The summed E-state index contributed by atoms with van der Waals surface area (Å²) in [6.45, 7) is 1.28. The molecule has 1 aliphatic carbocycles. The number of aryl methyl sites for hydroxylation is 1. The van der Waals surface area contributed by atoms with Crippen molar-refractivity contribution in [3.63, 3.8) is 0 Å². The zero-order chi connectivity index (χ0) is 21.1. The maximum absolute atomic E-state index is 13.3. The fraction of sp³-hybridized carbons (Fsp3) is 0.545. The van der Waals surface area contributed by atoms with E-state index in [9.17, 15) is 14.4 Å². The van der Waals surface area contributed by atoms with Crippen molar-refractivity contribution in [2.24, 2.45) is 16.8 Å². The van der Waals surface area contributed by atoms with Gasteiger partial charge in [0.05, 0.1) is 6.04 Å². The Balaban J connectivity index is 1.43. The number of carbonyl (C=O) groups is 3. The summed E-state index contributed by atoms with van der Waals surface area (Å²) in [5.41, 5.74) is 9.80. The number of urea groups is 1. The number of primary amides is 1. The van der Waals surface area contributed by atoms with E-state index >= 15 is 0 Å². The normalized spacial score (nSPS) is 26.1. The van der Waals surface area contributed by atoms with Crippen molar-refractivity contribution in [1.82, 2.24) is 15.2 Å². The molecule has 3 aliphatic rings. The average molecular weight is 412 g/mol. The largest absolute Gasteiger partial charge is 0.350 e. The Morgan fingerprint density at radius 1 is 1.00 bits per heavy atom. The van der Waals surface area contributed by atoms with Crippen molar-refractivity contribution >= 4 is 24.1 Å². The smallest absolute Gasteiger partial charge is 0.332 e. The Bertz CT molecular complexity index is 855. The molecule has 1 aromatic carbocycles. The molecule has 0 saturated carbocycles. The number of nitrogens with zero attached hydrogens (tertiary/aromatic N) is 3. The number of nitrogens with one attached hydrogen (secondary N) is 1. The Kier molecular flexibility index (Phi) is 6.01. The fourth-order valence-electron chi connectivity index (χ4n) is 5.03. The average Bonchev–Trinajstić information content (AvgIpc) is 3.42. The number of fused-ring (bicyclic) bond motifs is 1. The van der Waals surface area contributed by atoms with E-state index in [1.165, 1.54) is 11.1 Å². The number of hydrogen-bond donors (Lipinski definition) is 2. The number of carbonyl (C=O) groups excluding carboxylic acids is 3. The second kappa shape index (κ2) is 8.85. The molecule has 0 spiro atoms. The minimum Gasteiger partial charge on any atom is -0.350 e. The van der Waals surface area contributed by atoms with Gasteiger partial charge in [-0.2, -0.15) is 5.10 Å². The first kappa shape index (κ1) is 20.4. The van der Waals surface area contributed by atoms with E-state index in [0.29, 0.717) is 19.5 Å². The third-order valence-electron chi connectivity index (χ3n) is 6.52. The lowest BCUT2D eigenvalue weighted by Gasteiger charge is -2.33. The number of benzene rings is 1. The Morgan fingerprint density at radius 2 is 1.73 bits per heavy atom. The van der Waals surface area contributed by atoms with Gasteiger partial charge in [-0.05, 0) is 56.1 Å². The van der Waals surface area contributed by atoms with Crippen LogP contribution >= 0.6 is 0 Å². The number of nitrogens with two attached hydrogens (primary N) is 1. The van der Waals surface area contributed by atoms with Crippen LogP contribution in [0.5, 0.6) is 0 Å². The molecule has 8 nitrogen and oxygen atoms in total. The van der Waals surface area contributed by atoms with Crippen molar-refractivity contribution in [2.45, 2.75) is 57.0 Å². The van der Waals surface area contributed by atoms with E-state index in [1.807, 2.05) is 17.0 Å². The van der Waals surface area contributed by atoms with Crippen molar-refractivity contribution in [3.05, 3.63) is 35.4 Å². The van der Waals surface area contributed by atoms with Crippen molar-refractivity contribution in [1.29, 1.82) is 0 Å². The van der Waals surface area contributed by atoms with Gasteiger partial charge in [-0.15, -0.1) is 0 Å². The van der Waals surface area contributed by atoms with Gasteiger partial charge in [0.15, 0.2) is 0 Å². The summed E-state index contributed by atoms with van der Waals surface area (Å²) < 4.78 is 0. The predicted molar refractivity (Wildman–Crippen MR) is 113 cm³/mol. The van der Waals surface area contributed by atoms with Crippen LogP contribution in [0, 0.1) is 5.92 Å². The lowest BCUT2D eigenvalue weighted by Crippen LogP contribution is -2.51. The summed E-state index contributed by atoms with van der Waals surface area (Å²) in [6.07, 6.45) is 7.28. The lowest BCUT2D eigenvalue weighted by atomic mass is 9.83. The molecule has 0 bridgehead atoms. The van der Waals surface area contributed by atoms with Crippen LogP contribution in [0.4, 0.5) is 4.79 Å². The summed E-state index contributed by atoms with van der Waals surface area (Å²) in [5.74, 6) is 0.0502. The van der Waals surface area contributed by atoms with E-state index in [0.717, 1.165) is 38.5 Å². The standard InChI is InChI=1S/C22H29N5O3/c23-22(30)25-24-14-18-7-3-11-26(18)21(29)19-8-4-12-27(19)20(28)17-10-9-15-5-1-2-6-16(15)13-17/h1-2,5-6,14,17-19H,3-4,7-13H2,(H3,23,25,30)/t17-,18-,19-/m0/s1. The first-order valence-corrected chi connectivity index (χ1v) is 10.8. The maximum atomic E-state index is 13.3. The van der Waals surface area contributed by atoms with Crippen LogP contribution in [-0.2, 0) is 22.4 Å². The zero-order valence-electron chi connectivity index (χ0n) is 17.1. The molecule has 0 unspecified atom stereocenters. The number of hydrazone groups is 1. The van der Waals surface area contributed by atoms with Gasteiger partial charge in [0.2, 0.25) is 11.8 Å². The van der Waals surface area contributed by atoms with Crippen LogP contribution in [0.15, 0.2) is 29.4 Å². The third kappa shape index (κ3) is 4.17. The molecule has 1 aromatic rings. The van der Waals surface area contributed by atoms with Gasteiger partial charge in [-0.25, -0.2) is 10.2 Å². The summed E-state index contributed by atoms with van der Waals surface area (Å²) in [5, 5.41) is 3.84. The van der Waals surface area contributed by atoms with Crippen molar-refractivity contribution < 1.29 is 14.4 Å². The minimum atomic E-state index is -0.733. The van der Waals surface area contributed by atoms with Crippen LogP contribution in [-0.4, -0.2) is 59.0 Å². The quantitative estimate of drug-likeness (QED) is 0.578. The number of hydrogen-bond acceptors (Lipinski definition) is 4. The molecule has 4 amide bonds. The van der Waals surface area contributed by atoms with Crippen LogP contribution in [0.3, 0.4) is 0 Å². The molecule has 2 heterocycles. The van der Waals surface area contributed by atoms with E-state index in [2.05, 4.69) is 22.7 Å². The molecular weight excluding hydrogens is 382 g/mol. The van der Waals surface area contributed by atoms with E-state index in [4.69, 9.17) is 5.73 Å². The highest BCUT2D eigenvalue weighted by molar-refractivity contribution is 5.91. The number of likely N-dealkylation sites (tertiary alicyclic amines) is 2. The molecule has 2 saturated heterocycles. The van der Waals surface area contributed by atoms with Gasteiger partial charge in [0.1, 0.15) is 6.04 Å². The van der Waals surface area contributed by atoms with E-state index in [1.54, 1.807) is 11.1 Å². The first-order chi connectivity index (χ1) is 14.5. The lowest BCUT2D eigenvalue weighted by molar-refractivity contribution is -0.146. The summed E-state index contributed by atoms with van der Waals surface area (Å²) >= 11 is 0. The van der Waals surface area contributed by atoms with Gasteiger partial charge >= 0.3 is 6.03 Å². The SMILES string of the molecule is NC(=O)NN=C[C@@H]1CCCN1C(=O)[C@@H]1CCCN1C(=O)[C@H]1CCc2ccccc2C1. The molecular formula is C22H29N5O3. The summed E-state index contributed by atoms with van der Waals surface area (Å²) in [4.78, 5) is 41.1. The molecule has 2 fully saturated rings. The van der Waals surface area contributed by atoms with E-state index < -0.39 is 12.1 Å². The molecule has 0 aromatic heterocycles. The molecule has 160 valence electrons. The van der Waals surface area contributed by atoms with Gasteiger partial charge in [-0.3, -0.25) is 9.59 Å². The van der Waals surface area contributed by atoms with E-state index in [-0.39, 0.29) is 23.8 Å². The van der Waals surface area contributed by atoms with Crippen LogP contribution < -0.4 is 11.2 Å². The van der Waals surface area contributed by atoms with Crippen LogP contribution in [0.1, 0.15) is 43.2 Å². The number of amides is 4. The highest BCUT2D eigenvalue weighted by atomic mass is 16.2. The Labute approximate surface area is 176 Å². The monoisotopic (exact) mass is 411 g/mol. The Morgan fingerprint density at radius 3 is 2.53 bits per heavy atom. The second-order valence-corrected chi connectivity index (χ2v) is 8.39. The number of rotatable bonds is 4.